The predicted molar refractivity (Wildman–Crippen MR) is 76.7 cm³/mol. The first kappa shape index (κ1) is 10.8. The number of aromatic nitrogens is 1. The summed E-state index contributed by atoms with van der Waals surface area (Å²) in [6.07, 6.45) is 3.74. The lowest BCUT2D eigenvalue weighted by Gasteiger charge is -2.08. The molecule has 0 saturated carbocycles. The molecule has 0 amide bonds. The van der Waals surface area contributed by atoms with Crippen LogP contribution < -0.4 is 5.32 Å². The Bertz CT molecular complexity index is 684. The zero-order valence-corrected chi connectivity index (χ0v) is 10.2. The van der Waals surface area contributed by atoms with Crippen LogP contribution in [-0.2, 0) is 0 Å². The number of nitrogens with zero attached hydrogens (tertiary/aromatic N) is 1. The number of hydrogen-bond donors (Lipinski definition) is 1. The largest absolute Gasteiger partial charge is 0.388 e. The molecular formula is C16H14N2. The monoisotopic (exact) mass is 234 g/mol. The van der Waals surface area contributed by atoms with Gasteiger partial charge in [0.15, 0.2) is 0 Å². The maximum absolute atomic E-state index is 4.17. The maximum atomic E-state index is 4.17. The Morgan fingerprint density at radius 1 is 1.00 bits per heavy atom. The summed E-state index contributed by atoms with van der Waals surface area (Å²) in [6.45, 7) is 0. The van der Waals surface area contributed by atoms with E-state index in [9.17, 15) is 0 Å². The van der Waals surface area contributed by atoms with E-state index in [0.29, 0.717) is 0 Å². The molecule has 0 fully saturated rings. The number of pyridine rings is 1. The highest BCUT2D eigenvalue weighted by Crippen LogP contribution is 2.29. The minimum absolute atomic E-state index is 1.12. The highest BCUT2D eigenvalue weighted by Gasteiger charge is 2.03. The van der Waals surface area contributed by atoms with Crippen LogP contribution in [0.15, 0.2) is 60.9 Å². The van der Waals surface area contributed by atoms with Crippen molar-refractivity contribution in [2.24, 2.45) is 0 Å². The van der Waals surface area contributed by atoms with Gasteiger partial charge in [-0.05, 0) is 34.7 Å². The summed E-state index contributed by atoms with van der Waals surface area (Å²) in [5, 5.41) is 5.58. The van der Waals surface area contributed by atoms with Crippen molar-refractivity contribution in [2.45, 2.75) is 0 Å². The minimum Gasteiger partial charge on any atom is -0.388 e. The molecule has 2 nitrogen and oxygen atoms in total. The summed E-state index contributed by atoms with van der Waals surface area (Å²) in [4.78, 5) is 4.17. The van der Waals surface area contributed by atoms with Crippen molar-refractivity contribution >= 4 is 16.5 Å². The van der Waals surface area contributed by atoms with Gasteiger partial charge in [-0.15, -0.1) is 0 Å². The van der Waals surface area contributed by atoms with Crippen molar-refractivity contribution in [3.63, 3.8) is 0 Å². The van der Waals surface area contributed by atoms with Gasteiger partial charge in [0, 0.05) is 30.5 Å². The maximum Gasteiger partial charge on any atom is 0.0346 e. The van der Waals surface area contributed by atoms with Crippen molar-refractivity contribution < 1.29 is 0 Å². The molecule has 0 aliphatic heterocycles. The molecule has 0 saturated heterocycles. The highest BCUT2D eigenvalue weighted by atomic mass is 14.8. The molecular weight excluding hydrogens is 220 g/mol. The first-order chi connectivity index (χ1) is 8.88. The fourth-order valence-electron chi connectivity index (χ4n) is 2.22. The number of hydrogen-bond acceptors (Lipinski definition) is 2. The van der Waals surface area contributed by atoms with E-state index in [1.807, 2.05) is 19.4 Å². The van der Waals surface area contributed by atoms with Crippen LogP contribution in [0.25, 0.3) is 21.9 Å². The summed E-state index contributed by atoms with van der Waals surface area (Å²) in [5.41, 5.74) is 3.59. The summed E-state index contributed by atoms with van der Waals surface area (Å²) in [7, 11) is 1.94. The quantitative estimate of drug-likeness (QED) is 0.726. The fourth-order valence-corrected chi connectivity index (χ4v) is 2.22. The van der Waals surface area contributed by atoms with Gasteiger partial charge >= 0.3 is 0 Å². The molecule has 3 rings (SSSR count). The number of nitrogens with one attached hydrogen (secondary N) is 1. The minimum atomic E-state index is 1.12. The van der Waals surface area contributed by atoms with Gasteiger partial charge < -0.3 is 5.32 Å². The first-order valence-corrected chi connectivity index (χ1v) is 5.99. The van der Waals surface area contributed by atoms with Gasteiger partial charge in [0.1, 0.15) is 0 Å². The molecule has 0 aliphatic carbocycles. The van der Waals surface area contributed by atoms with Crippen molar-refractivity contribution in [3.05, 3.63) is 60.9 Å². The van der Waals surface area contributed by atoms with Crippen molar-refractivity contribution in [2.75, 3.05) is 12.4 Å². The van der Waals surface area contributed by atoms with Gasteiger partial charge in [0.25, 0.3) is 0 Å². The topological polar surface area (TPSA) is 24.9 Å². The second-order valence-electron chi connectivity index (χ2n) is 4.23. The van der Waals surface area contributed by atoms with Crippen LogP contribution in [0.5, 0.6) is 0 Å². The third-order valence-electron chi connectivity index (χ3n) is 3.14. The van der Waals surface area contributed by atoms with Gasteiger partial charge in [0.05, 0.1) is 0 Å². The first-order valence-electron chi connectivity index (χ1n) is 5.99. The number of benzene rings is 2. The Balaban J connectivity index is 2.24. The predicted octanol–water partition coefficient (Wildman–Crippen LogP) is 3.94. The molecule has 1 aromatic heterocycles. The summed E-state index contributed by atoms with van der Waals surface area (Å²) >= 11 is 0. The van der Waals surface area contributed by atoms with Gasteiger partial charge in [-0.2, -0.15) is 0 Å². The molecule has 0 atom stereocenters. The van der Waals surface area contributed by atoms with Crippen LogP contribution in [0.4, 0.5) is 5.69 Å². The van der Waals surface area contributed by atoms with Crippen LogP contribution in [0.1, 0.15) is 0 Å². The molecule has 0 bridgehead atoms. The van der Waals surface area contributed by atoms with E-state index in [-0.39, 0.29) is 0 Å². The smallest absolute Gasteiger partial charge is 0.0346 e. The Kier molecular flexibility index (Phi) is 2.69. The molecule has 1 heterocycles. The summed E-state index contributed by atoms with van der Waals surface area (Å²) in [6, 6.07) is 16.8. The lowest BCUT2D eigenvalue weighted by atomic mass is 9.99. The molecule has 0 spiro atoms. The van der Waals surface area contributed by atoms with Crippen LogP contribution in [0, 0.1) is 0 Å². The van der Waals surface area contributed by atoms with E-state index in [2.05, 4.69) is 58.8 Å². The molecule has 2 aromatic carbocycles. The lowest BCUT2D eigenvalue weighted by Crippen LogP contribution is -1.88. The van der Waals surface area contributed by atoms with Crippen LogP contribution >= 0.6 is 0 Å². The van der Waals surface area contributed by atoms with Crippen molar-refractivity contribution in [3.8, 4) is 11.1 Å². The average molecular weight is 234 g/mol. The van der Waals surface area contributed by atoms with Gasteiger partial charge in [-0.3, -0.25) is 4.98 Å². The molecule has 0 unspecified atom stereocenters. The van der Waals surface area contributed by atoms with E-state index in [4.69, 9.17) is 0 Å². The molecule has 1 N–H and O–H groups in total. The van der Waals surface area contributed by atoms with E-state index < -0.39 is 0 Å². The molecule has 88 valence electrons. The zero-order valence-electron chi connectivity index (χ0n) is 10.2. The third kappa shape index (κ3) is 1.82. The Morgan fingerprint density at radius 3 is 2.78 bits per heavy atom. The lowest BCUT2D eigenvalue weighted by molar-refractivity contribution is 1.36. The molecule has 2 heteroatoms. The SMILES string of the molecule is CNc1cccc(-c2cccc3cnccc23)c1. The standard InChI is InChI=1S/C16H14N2/c1-17-14-6-2-4-12(10-14)15-7-3-5-13-11-18-9-8-16(13)15/h2-11,17H,1H3. The van der Waals surface area contributed by atoms with Crippen molar-refractivity contribution in [1.29, 1.82) is 0 Å². The van der Waals surface area contributed by atoms with Gasteiger partial charge in [-0.1, -0.05) is 30.3 Å². The molecule has 3 aromatic rings. The number of anilines is 1. The molecule has 18 heavy (non-hydrogen) atoms. The normalized spacial score (nSPS) is 10.5. The zero-order chi connectivity index (χ0) is 12.4. The summed E-state index contributed by atoms with van der Waals surface area (Å²) < 4.78 is 0. The second-order valence-corrected chi connectivity index (χ2v) is 4.23. The van der Waals surface area contributed by atoms with Crippen molar-refractivity contribution in [1.82, 2.24) is 4.98 Å². The Hall–Kier alpha value is -2.35. The second kappa shape index (κ2) is 4.49. The van der Waals surface area contributed by atoms with Gasteiger partial charge in [-0.25, -0.2) is 0 Å². The van der Waals surface area contributed by atoms with Gasteiger partial charge in [0.2, 0.25) is 0 Å². The Labute approximate surface area is 106 Å². The third-order valence-corrected chi connectivity index (χ3v) is 3.14. The molecule has 0 radical (unpaired) electrons. The molecule has 0 aliphatic rings. The van der Waals surface area contributed by atoms with E-state index in [1.54, 1.807) is 0 Å². The van der Waals surface area contributed by atoms with Crippen LogP contribution in [0.3, 0.4) is 0 Å². The Morgan fingerprint density at radius 2 is 1.89 bits per heavy atom. The van der Waals surface area contributed by atoms with E-state index in [1.165, 1.54) is 21.9 Å². The summed E-state index contributed by atoms with van der Waals surface area (Å²) in [5.74, 6) is 0. The highest BCUT2D eigenvalue weighted by molar-refractivity contribution is 5.96. The van der Waals surface area contributed by atoms with E-state index in [0.717, 1.165) is 5.69 Å². The fraction of sp³-hybridized carbons (Fsp3) is 0.0625. The van der Waals surface area contributed by atoms with Crippen LogP contribution in [-0.4, -0.2) is 12.0 Å². The number of rotatable bonds is 2. The van der Waals surface area contributed by atoms with Crippen LogP contribution in [0.2, 0.25) is 0 Å². The number of fused-ring (bicyclic) bond motifs is 1. The average Bonchev–Trinajstić information content (AvgIpc) is 2.47. The van der Waals surface area contributed by atoms with E-state index >= 15 is 0 Å².